The molecule has 0 bridgehead atoms. The van der Waals surface area contributed by atoms with Gasteiger partial charge in [-0.2, -0.15) is 0 Å². The molecule has 1 amide bonds. The lowest BCUT2D eigenvalue weighted by atomic mass is 10.2. The zero-order valence-electron chi connectivity index (χ0n) is 13.5. The maximum absolute atomic E-state index is 11.7. The largest absolute Gasteiger partial charge is 0.366 e. The highest BCUT2D eigenvalue weighted by Gasteiger charge is 2.12. The van der Waals surface area contributed by atoms with E-state index in [0.717, 1.165) is 22.0 Å². The molecule has 0 fully saturated rings. The van der Waals surface area contributed by atoms with Crippen LogP contribution in [0.3, 0.4) is 0 Å². The van der Waals surface area contributed by atoms with Gasteiger partial charge in [0.05, 0.1) is 12.1 Å². The van der Waals surface area contributed by atoms with Crippen LogP contribution in [0.2, 0.25) is 0 Å². The van der Waals surface area contributed by atoms with Crippen LogP contribution >= 0.6 is 0 Å². The number of amides is 1. The van der Waals surface area contributed by atoms with Crippen LogP contribution in [0, 0.1) is 0 Å². The fraction of sp³-hybridized carbons (Fsp3) is 0.0500. The number of nitrogens with zero attached hydrogens (tertiary/aromatic N) is 3. The van der Waals surface area contributed by atoms with Crippen LogP contribution < -0.4 is 5.73 Å². The van der Waals surface area contributed by atoms with Crippen molar-refractivity contribution in [2.45, 2.75) is 6.54 Å². The molecule has 0 aliphatic heterocycles. The molecule has 0 radical (unpaired) electrons. The third-order valence-corrected chi connectivity index (χ3v) is 4.14. The van der Waals surface area contributed by atoms with Gasteiger partial charge in [-0.3, -0.25) is 4.79 Å². The van der Waals surface area contributed by atoms with E-state index in [1.165, 1.54) is 0 Å². The van der Waals surface area contributed by atoms with Gasteiger partial charge >= 0.3 is 0 Å². The second kappa shape index (κ2) is 6.20. The second-order valence-electron chi connectivity index (χ2n) is 5.83. The Morgan fingerprint density at radius 1 is 0.960 bits per heavy atom. The van der Waals surface area contributed by atoms with Gasteiger partial charge < -0.3 is 10.3 Å². The van der Waals surface area contributed by atoms with E-state index in [0.29, 0.717) is 17.9 Å². The molecule has 0 saturated carbocycles. The smallest absolute Gasteiger partial charge is 0.250 e. The molecule has 4 rings (SSSR count). The van der Waals surface area contributed by atoms with Gasteiger partial charge in [-0.15, -0.1) is 0 Å². The average molecular weight is 328 g/mol. The molecule has 0 aliphatic rings. The molecule has 0 saturated heterocycles. The van der Waals surface area contributed by atoms with Gasteiger partial charge in [-0.1, -0.05) is 48.5 Å². The van der Waals surface area contributed by atoms with Crippen LogP contribution in [0.4, 0.5) is 0 Å². The lowest BCUT2D eigenvalue weighted by Crippen LogP contribution is -2.10. The molecule has 5 nitrogen and oxygen atoms in total. The molecule has 4 aromatic rings. The molecule has 2 N–H and O–H groups in total. The predicted molar refractivity (Wildman–Crippen MR) is 97.0 cm³/mol. The summed E-state index contributed by atoms with van der Waals surface area (Å²) in [5.74, 6) is 0.269. The van der Waals surface area contributed by atoms with E-state index in [4.69, 9.17) is 5.73 Å². The summed E-state index contributed by atoms with van der Waals surface area (Å²) in [5.41, 5.74) is 8.92. The van der Waals surface area contributed by atoms with Gasteiger partial charge in [-0.05, 0) is 6.07 Å². The number of nitrogens with two attached hydrogens (primary N) is 1. The molecule has 122 valence electrons. The quantitative estimate of drug-likeness (QED) is 0.625. The molecule has 0 spiro atoms. The minimum absolute atomic E-state index is 0.425. The highest BCUT2D eigenvalue weighted by atomic mass is 16.1. The second-order valence-corrected chi connectivity index (χ2v) is 5.83. The SMILES string of the molecule is NC(=O)c1cn(Cc2cnc(-c3ccccc3)nc2)c2ccccc12. The summed E-state index contributed by atoms with van der Waals surface area (Å²) in [7, 11) is 0. The monoisotopic (exact) mass is 328 g/mol. The van der Waals surface area contributed by atoms with E-state index < -0.39 is 5.91 Å². The van der Waals surface area contributed by atoms with E-state index in [1.807, 2.05) is 71.6 Å². The Labute approximate surface area is 144 Å². The topological polar surface area (TPSA) is 73.8 Å². The summed E-state index contributed by atoms with van der Waals surface area (Å²) in [6, 6.07) is 17.6. The standard InChI is InChI=1S/C20H16N4O/c21-19(25)17-13-24(18-9-5-4-8-16(17)18)12-14-10-22-20(23-11-14)15-6-2-1-3-7-15/h1-11,13H,12H2,(H2,21,25). The number of fused-ring (bicyclic) bond motifs is 1. The van der Waals surface area contributed by atoms with E-state index in [-0.39, 0.29) is 0 Å². The zero-order chi connectivity index (χ0) is 17.2. The molecule has 2 heterocycles. The third kappa shape index (κ3) is 2.87. The van der Waals surface area contributed by atoms with Crippen molar-refractivity contribution in [1.29, 1.82) is 0 Å². The Hall–Kier alpha value is -3.47. The normalized spacial score (nSPS) is 10.9. The van der Waals surface area contributed by atoms with Gasteiger partial charge in [0.1, 0.15) is 0 Å². The number of aromatic nitrogens is 3. The number of hydrogen-bond donors (Lipinski definition) is 1. The van der Waals surface area contributed by atoms with Gasteiger partial charge in [0.15, 0.2) is 5.82 Å². The maximum atomic E-state index is 11.7. The first-order chi connectivity index (χ1) is 12.2. The van der Waals surface area contributed by atoms with Crippen molar-refractivity contribution in [3.05, 3.63) is 84.3 Å². The number of carbonyl (C=O) groups is 1. The lowest BCUT2D eigenvalue weighted by Gasteiger charge is -2.06. The fourth-order valence-electron chi connectivity index (χ4n) is 2.94. The summed E-state index contributed by atoms with van der Waals surface area (Å²) < 4.78 is 2.00. The van der Waals surface area contributed by atoms with Gasteiger partial charge in [0.2, 0.25) is 0 Å². The van der Waals surface area contributed by atoms with E-state index >= 15 is 0 Å². The Morgan fingerprint density at radius 3 is 2.36 bits per heavy atom. The van der Waals surface area contributed by atoms with Gasteiger partial charge in [0, 0.05) is 40.6 Å². The van der Waals surface area contributed by atoms with Gasteiger partial charge in [0.25, 0.3) is 5.91 Å². The molecular formula is C20H16N4O. The molecule has 5 heteroatoms. The lowest BCUT2D eigenvalue weighted by molar-refractivity contribution is 0.100. The molecule has 25 heavy (non-hydrogen) atoms. The van der Waals surface area contributed by atoms with Gasteiger partial charge in [-0.25, -0.2) is 9.97 Å². The first kappa shape index (κ1) is 15.1. The summed E-state index contributed by atoms with van der Waals surface area (Å²) in [6.45, 7) is 0.572. The minimum Gasteiger partial charge on any atom is -0.366 e. The van der Waals surface area contributed by atoms with Crippen LogP contribution in [0.25, 0.3) is 22.3 Å². The van der Waals surface area contributed by atoms with Crippen molar-refractivity contribution in [2.75, 3.05) is 0 Å². The number of carbonyl (C=O) groups excluding carboxylic acids is 1. The van der Waals surface area contributed by atoms with Crippen LogP contribution in [-0.2, 0) is 6.54 Å². The van der Waals surface area contributed by atoms with Crippen molar-refractivity contribution in [3.63, 3.8) is 0 Å². The number of rotatable bonds is 4. The molecule has 2 aromatic heterocycles. The number of para-hydroxylation sites is 1. The van der Waals surface area contributed by atoms with Crippen molar-refractivity contribution < 1.29 is 4.79 Å². The predicted octanol–water partition coefficient (Wildman–Crippen LogP) is 3.25. The van der Waals surface area contributed by atoms with Crippen LogP contribution in [0.5, 0.6) is 0 Å². The average Bonchev–Trinajstić information content (AvgIpc) is 3.02. The fourth-order valence-corrected chi connectivity index (χ4v) is 2.94. The van der Waals surface area contributed by atoms with Crippen LogP contribution in [0.1, 0.15) is 15.9 Å². The molecule has 0 atom stereocenters. The summed E-state index contributed by atoms with van der Waals surface area (Å²) in [6.07, 6.45) is 5.42. The van der Waals surface area contributed by atoms with Crippen molar-refractivity contribution in [3.8, 4) is 11.4 Å². The van der Waals surface area contributed by atoms with E-state index in [9.17, 15) is 4.79 Å². The maximum Gasteiger partial charge on any atom is 0.250 e. The number of benzene rings is 2. The summed E-state index contributed by atoms with van der Waals surface area (Å²) in [4.78, 5) is 20.6. The van der Waals surface area contributed by atoms with E-state index in [1.54, 1.807) is 6.20 Å². The summed E-state index contributed by atoms with van der Waals surface area (Å²) >= 11 is 0. The first-order valence-electron chi connectivity index (χ1n) is 7.96. The van der Waals surface area contributed by atoms with Crippen molar-refractivity contribution >= 4 is 16.8 Å². The zero-order valence-corrected chi connectivity index (χ0v) is 13.5. The number of hydrogen-bond acceptors (Lipinski definition) is 3. The Bertz CT molecular complexity index is 1040. The Morgan fingerprint density at radius 2 is 1.64 bits per heavy atom. The molecule has 0 aliphatic carbocycles. The third-order valence-electron chi connectivity index (χ3n) is 4.14. The molecule has 2 aromatic carbocycles. The van der Waals surface area contributed by atoms with Crippen LogP contribution in [0.15, 0.2) is 73.2 Å². The van der Waals surface area contributed by atoms with Crippen molar-refractivity contribution in [2.24, 2.45) is 5.73 Å². The first-order valence-corrected chi connectivity index (χ1v) is 7.96. The number of primary amides is 1. The molecular weight excluding hydrogens is 312 g/mol. The minimum atomic E-state index is -0.425. The highest BCUT2D eigenvalue weighted by molar-refractivity contribution is 6.06. The summed E-state index contributed by atoms with van der Waals surface area (Å²) in [5, 5.41) is 0.858. The van der Waals surface area contributed by atoms with Crippen molar-refractivity contribution in [1.82, 2.24) is 14.5 Å². The van der Waals surface area contributed by atoms with E-state index in [2.05, 4.69) is 9.97 Å². The highest BCUT2D eigenvalue weighted by Crippen LogP contribution is 2.22. The Kier molecular flexibility index (Phi) is 3.74. The van der Waals surface area contributed by atoms with Crippen LogP contribution in [-0.4, -0.2) is 20.4 Å². The molecule has 0 unspecified atom stereocenters. The Balaban J connectivity index is 1.67.